The number of halogens is 2. The molecule has 1 aromatic carbocycles. The standard InChI is InChI=1S/C18H23F2N3O3/c1-11-7-13(12(2)25-11)9-22-18(21-3)23-10-14-8-15(24-4)5-6-16(14)26-17(19)20/h5-8,17H,9-10H2,1-4H3,(H2,21,22,23). The summed E-state index contributed by atoms with van der Waals surface area (Å²) in [7, 11) is 3.14. The smallest absolute Gasteiger partial charge is 0.387 e. The van der Waals surface area contributed by atoms with Gasteiger partial charge in [0, 0.05) is 31.3 Å². The fraction of sp³-hybridized carbons (Fsp3) is 0.389. The summed E-state index contributed by atoms with van der Waals surface area (Å²) >= 11 is 0. The minimum absolute atomic E-state index is 0.0880. The van der Waals surface area contributed by atoms with Crippen LogP contribution in [-0.4, -0.2) is 26.7 Å². The molecule has 0 bridgehead atoms. The van der Waals surface area contributed by atoms with Gasteiger partial charge in [0.05, 0.1) is 7.11 Å². The highest BCUT2D eigenvalue weighted by atomic mass is 19.3. The molecule has 0 saturated heterocycles. The van der Waals surface area contributed by atoms with Crippen LogP contribution in [0.5, 0.6) is 11.5 Å². The largest absolute Gasteiger partial charge is 0.497 e. The molecule has 2 N–H and O–H groups in total. The summed E-state index contributed by atoms with van der Waals surface area (Å²) in [6.45, 7) is 1.65. The summed E-state index contributed by atoms with van der Waals surface area (Å²) in [6, 6.07) is 6.61. The van der Waals surface area contributed by atoms with E-state index in [-0.39, 0.29) is 12.3 Å². The lowest BCUT2D eigenvalue weighted by atomic mass is 10.2. The molecule has 0 amide bonds. The van der Waals surface area contributed by atoms with Gasteiger partial charge in [-0.3, -0.25) is 4.99 Å². The van der Waals surface area contributed by atoms with Crippen LogP contribution in [0.4, 0.5) is 8.78 Å². The number of hydrogen-bond acceptors (Lipinski definition) is 4. The molecule has 142 valence electrons. The number of nitrogens with one attached hydrogen (secondary N) is 2. The fourth-order valence-corrected chi connectivity index (χ4v) is 2.47. The summed E-state index contributed by atoms with van der Waals surface area (Å²) in [4.78, 5) is 4.13. The van der Waals surface area contributed by atoms with E-state index < -0.39 is 6.61 Å². The molecule has 0 aliphatic rings. The lowest BCUT2D eigenvalue weighted by molar-refractivity contribution is -0.0504. The summed E-state index contributed by atoms with van der Waals surface area (Å²) in [5.74, 6) is 2.84. The Labute approximate surface area is 151 Å². The number of rotatable bonds is 7. The Balaban J connectivity index is 2.02. The third-order valence-electron chi connectivity index (χ3n) is 3.74. The number of alkyl halides is 2. The number of ether oxygens (including phenoxy) is 2. The van der Waals surface area contributed by atoms with Gasteiger partial charge in [-0.2, -0.15) is 8.78 Å². The van der Waals surface area contributed by atoms with Crippen LogP contribution < -0.4 is 20.1 Å². The van der Waals surface area contributed by atoms with Crippen LogP contribution in [-0.2, 0) is 13.1 Å². The number of furan rings is 1. The Morgan fingerprint density at radius 1 is 1.15 bits per heavy atom. The third-order valence-corrected chi connectivity index (χ3v) is 3.74. The van der Waals surface area contributed by atoms with Crippen LogP contribution in [0, 0.1) is 13.8 Å². The molecule has 0 atom stereocenters. The van der Waals surface area contributed by atoms with Crippen molar-refractivity contribution in [3.8, 4) is 11.5 Å². The van der Waals surface area contributed by atoms with E-state index in [1.165, 1.54) is 13.2 Å². The summed E-state index contributed by atoms with van der Waals surface area (Å²) in [5, 5.41) is 6.23. The van der Waals surface area contributed by atoms with Crippen molar-refractivity contribution in [1.82, 2.24) is 10.6 Å². The molecular formula is C18H23F2N3O3. The van der Waals surface area contributed by atoms with E-state index in [0.29, 0.717) is 23.8 Å². The van der Waals surface area contributed by atoms with Gasteiger partial charge >= 0.3 is 6.61 Å². The molecular weight excluding hydrogens is 344 g/mol. The number of aryl methyl sites for hydroxylation is 2. The van der Waals surface area contributed by atoms with Crippen molar-refractivity contribution in [2.24, 2.45) is 4.99 Å². The lowest BCUT2D eigenvalue weighted by Gasteiger charge is -2.15. The van der Waals surface area contributed by atoms with Crippen LogP contribution in [0.2, 0.25) is 0 Å². The zero-order valence-corrected chi connectivity index (χ0v) is 15.2. The molecule has 0 saturated carbocycles. The molecule has 1 heterocycles. The van der Waals surface area contributed by atoms with Gasteiger partial charge in [0.15, 0.2) is 5.96 Å². The molecule has 0 radical (unpaired) electrons. The van der Waals surface area contributed by atoms with Crippen molar-refractivity contribution in [3.05, 3.63) is 46.9 Å². The minimum atomic E-state index is -2.90. The zero-order valence-electron chi connectivity index (χ0n) is 15.2. The van der Waals surface area contributed by atoms with Crippen LogP contribution in [0.15, 0.2) is 33.7 Å². The second-order valence-electron chi connectivity index (χ2n) is 5.57. The van der Waals surface area contributed by atoms with Crippen LogP contribution in [0.1, 0.15) is 22.6 Å². The number of nitrogens with zero attached hydrogens (tertiary/aromatic N) is 1. The molecule has 26 heavy (non-hydrogen) atoms. The SMILES string of the molecule is CN=C(NCc1cc(OC)ccc1OC(F)F)NCc1cc(C)oc1C. The highest BCUT2D eigenvalue weighted by molar-refractivity contribution is 5.79. The average Bonchev–Trinajstić information content (AvgIpc) is 2.93. The van der Waals surface area contributed by atoms with Crippen molar-refractivity contribution in [2.75, 3.05) is 14.2 Å². The predicted molar refractivity (Wildman–Crippen MR) is 94.8 cm³/mol. The molecule has 1 aromatic heterocycles. The normalized spacial score (nSPS) is 11.6. The first-order valence-electron chi connectivity index (χ1n) is 8.05. The second kappa shape index (κ2) is 9.07. The van der Waals surface area contributed by atoms with Gasteiger partial charge in [0.1, 0.15) is 23.0 Å². The quantitative estimate of drug-likeness (QED) is 0.580. The van der Waals surface area contributed by atoms with Gasteiger partial charge in [0.2, 0.25) is 0 Å². The molecule has 2 aromatic rings. The summed E-state index contributed by atoms with van der Waals surface area (Å²) < 4.78 is 40.3. The van der Waals surface area contributed by atoms with E-state index in [9.17, 15) is 8.78 Å². The molecule has 2 rings (SSSR count). The van der Waals surface area contributed by atoms with Crippen LogP contribution in [0.25, 0.3) is 0 Å². The Hall–Kier alpha value is -2.77. The Bertz CT molecular complexity index is 760. The molecule has 0 aliphatic heterocycles. The number of benzene rings is 1. The van der Waals surface area contributed by atoms with E-state index >= 15 is 0 Å². The molecule has 0 aliphatic carbocycles. The van der Waals surface area contributed by atoms with Crippen molar-refractivity contribution >= 4 is 5.96 Å². The number of methoxy groups -OCH3 is 1. The maximum absolute atomic E-state index is 12.6. The van der Waals surface area contributed by atoms with Gasteiger partial charge in [-0.1, -0.05) is 0 Å². The Morgan fingerprint density at radius 2 is 1.85 bits per heavy atom. The van der Waals surface area contributed by atoms with Crippen molar-refractivity contribution in [1.29, 1.82) is 0 Å². The molecule has 0 unspecified atom stereocenters. The van der Waals surface area contributed by atoms with E-state index in [1.807, 2.05) is 19.9 Å². The van der Waals surface area contributed by atoms with E-state index in [2.05, 4.69) is 20.4 Å². The summed E-state index contributed by atoms with van der Waals surface area (Å²) in [5.41, 5.74) is 1.55. The number of aliphatic imine (C=N–C) groups is 1. The van der Waals surface area contributed by atoms with Crippen molar-refractivity contribution in [2.45, 2.75) is 33.5 Å². The van der Waals surface area contributed by atoms with E-state index in [0.717, 1.165) is 17.1 Å². The Morgan fingerprint density at radius 3 is 2.38 bits per heavy atom. The van der Waals surface area contributed by atoms with Crippen LogP contribution >= 0.6 is 0 Å². The molecule has 8 heteroatoms. The van der Waals surface area contributed by atoms with Gasteiger partial charge in [-0.05, 0) is 38.1 Å². The van der Waals surface area contributed by atoms with E-state index in [4.69, 9.17) is 9.15 Å². The van der Waals surface area contributed by atoms with Gasteiger partial charge in [-0.25, -0.2) is 0 Å². The fourth-order valence-electron chi connectivity index (χ4n) is 2.47. The highest BCUT2D eigenvalue weighted by Crippen LogP contribution is 2.25. The molecule has 6 nitrogen and oxygen atoms in total. The van der Waals surface area contributed by atoms with Gasteiger partial charge in [-0.15, -0.1) is 0 Å². The van der Waals surface area contributed by atoms with E-state index in [1.54, 1.807) is 19.2 Å². The first-order chi connectivity index (χ1) is 12.4. The zero-order chi connectivity index (χ0) is 19.1. The average molecular weight is 367 g/mol. The minimum Gasteiger partial charge on any atom is -0.497 e. The molecule has 0 spiro atoms. The highest BCUT2D eigenvalue weighted by Gasteiger charge is 2.12. The van der Waals surface area contributed by atoms with Crippen LogP contribution in [0.3, 0.4) is 0 Å². The molecule has 0 fully saturated rings. The van der Waals surface area contributed by atoms with Crippen molar-refractivity contribution in [3.63, 3.8) is 0 Å². The predicted octanol–water partition coefficient (Wildman–Crippen LogP) is 3.37. The first-order valence-corrected chi connectivity index (χ1v) is 8.05. The maximum atomic E-state index is 12.6. The van der Waals surface area contributed by atoms with Gasteiger partial charge < -0.3 is 24.5 Å². The Kier molecular flexibility index (Phi) is 6.82. The summed E-state index contributed by atoms with van der Waals surface area (Å²) in [6.07, 6.45) is 0. The second-order valence-corrected chi connectivity index (χ2v) is 5.57. The van der Waals surface area contributed by atoms with Crippen molar-refractivity contribution < 1.29 is 22.7 Å². The van der Waals surface area contributed by atoms with Gasteiger partial charge in [0.25, 0.3) is 0 Å². The lowest BCUT2D eigenvalue weighted by Crippen LogP contribution is -2.36. The third kappa shape index (κ3) is 5.37. The number of guanidine groups is 1. The topological polar surface area (TPSA) is 68.0 Å². The first kappa shape index (κ1) is 19.6. The monoisotopic (exact) mass is 367 g/mol. The maximum Gasteiger partial charge on any atom is 0.387 e. The number of hydrogen-bond donors (Lipinski definition) is 2.